The highest BCUT2D eigenvalue weighted by atomic mass is 32.2. The lowest BCUT2D eigenvalue weighted by molar-refractivity contribution is 0.102. The lowest BCUT2D eigenvalue weighted by atomic mass is 10.1. The topological polar surface area (TPSA) is 84.5 Å². The third kappa shape index (κ3) is 4.43. The zero-order chi connectivity index (χ0) is 22.7. The smallest absolute Gasteiger partial charge is 0.261 e. The molecule has 0 atom stereocenters. The Hall–Kier alpha value is -3.84. The maximum absolute atomic E-state index is 12.8. The van der Waals surface area contributed by atoms with Crippen LogP contribution in [0.1, 0.15) is 15.9 Å². The average molecular weight is 447 g/mol. The van der Waals surface area contributed by atoms with Gasteiger partial charge in [-0.1, -0.05) is 42.0 Å². The zero-order valence-corrected chi connectivity index (χ0v) is 18.4. The maximum Gasteiger partial charge on any atom is 0.261 e. The van der Waals surface area contributed by atoms with Crippen LogP contribution in [0.5, 0.6) is 5.75 Å². The van der Waals surface area contributed by atoms with Gasteiger partial charge in [0, 0.05) is 27.7 Å². The summed E-state index contributed by atoms with van der Waals surface area (Å²) in [5, 5.41) is 4.68. The summed E-state index contributed by atoms with van der Waals surface area (Å²) in [5.41, 5.74) is 2.42. The van der Waals surface area contributed by atoms with Crippen LogP contribution < -0.4 is 14.8 Å². The molecule has 1 amide bonds. The van der Waals surface area contributed by atoms with Crippen molar-refractivity contribution in [1.29, 1.82) is 0 Å². The number of anilines is 2. The van der Waals surface area contributed by atoms with Crippen LogP contribution in [0.25, 0.3) is 10.8 Å². The van der Waals surface area contributed by atoms with Gasteiger partial charge in [-0.15, -0.1) is 0 Å². The number of amides is 1. The molecule has 7 heteroatoms. The molecule has 4 aromatic carbocycles. The lowest BCUT2D eigenvalue weighted by Gasteiger charge is -2.12. The molecule has 4 aromatic rings. The highest BCUT2D eigenvalue weighted by Crippen LogP contribution is 2.31. The Bertz CT molecular complexity index is 1380. The van der Waals surface area contributed by atoms with Crippen LogP contribution in [0.3, 0.4) is 0 Å². The van der Waals surface area contributed by atoms with Crippen LogP contribution in [0.15, 0.2) is 89.8 Å². The number of carbonyl (C=O) groups excluding carboxylic acids is 1. The van der Waals surface area contributed by atoms with E-state index in [4.69, 9.17) is 4.74 Å². The van der Waals surface area contributed by atoms with Crippen LogP contribution in [-0.4, -0.2) is 21.4 Å². The third-order valence-electron chi connectivity index (χ3n) is 5.08. The van der Waals surface area contributed by atoms with Gasteiger partial charge < -0.3 is 10.1 Å². The average Bonchev–Trinajstić information content (AvgIpc) is 2.80. The summed E-state index contributed by atoms with van der Waals surface area (Å²) in [6.07, 6.45) is 0. The number of ether oxygens (including phenoxy) is 1. The second kappa shape index (κ2) is 8.72. The van der Waals surface area contributed by atoms with E-state index in [0.717, 1.165) is 22.1 Å². The SMILES string of the molecule is COc1ccc(NC(=O)c2ccc(NS(=O)(=O)c3ccc(C)cc3)cc2)c2ccccc12. The summed E-state index contributed by atoms with van der Waals surface area (Å²) in [6.45, 7) is 1.89. The molecule has 162 valence electrons. The molecule has 2 N–H and O–H groups in total. The fraction of sp³-hybridized carbons (Fsp3) is 0.0800. The lowest BCUT2D eigenvalue weighted by Crippen LogP contribution is -2.14. The Labute approximate surface area is 186 Å². The first-order chi connectivity index (χ1) is 15.4. The van der Waals surface area contributed by atoms with Gasteiger partial charge in [0.05, 0.1) is 12.0 Å². The van der Waals surface area contributed by atoms with Crippen LogP contribution in [0, 0.1) is 6.92 Å². The second-order valence-electron chi connectivity index (χ2n) is 7.31. The number of methoxy groups -OCH3 is 1. The Morgan fingerprint density at radius 3 is 2.12 bits per heavy atom. The highest BCUT2D eigenvalue weighted by Gasteiger charge is 2.15. The highest BCUT2D eigenvalue weighted by molar-refractivity contribution is 7.92. The predicted octanol–water partition coefficient (Wildman–Crippen LogP) is 5.21. The monoisotopic (exact) mass is 446 g/mol. The van der Waals surface area contributed by atoms with E-state index in [0.29, 0.717) is 16.9 Å². The molecule has 0 heterocycles. The molecule has 0 spiro atoms. The van der Waals surface area contributed by atoms with E-state index in [1.54, 1.807) is 67.8 Å². The molecular formula is C25H22N2O4S. The molecule has 0 aliphatic rings. The molecule has 0 unspecified atom stereocenters. The molecule has 0 aromatic heterocycles. The number of nitrogens with one attached hydrogen (secondary N) is 2. The van der Waals surface area contributed by atoms with Crippen LogP contribution in [0.2, 0.25) is 0 Å². The predicted molar refractivity (Wildman–Crippen MR) is 127 cm³/mol. The molecule has 6 nitrogen and oxygen atoms in total. The fourth-order valence-corrected chi connectivity index (χ4v) is 4.43. The van der Waals surface area contributed by atoms with Crippen LogP contribution >= 0.6 is 0 Å². The minimum Gasteiger partial charge on any atom is -0.496 e. The van der Waals surface area contributed by atoms with Crippen LogP contribution in [0.4, 0.5) is 11.4 Å². The van der Waals surface area contributed by atoms with Crippen molar-refractivity contribution in [2.75, 3.05) is 17.1 Å². The number of fused-ring (bicyclic) bond motifs is 1. The molecule has 0 aliphatic heterocycles. The molecular weight excluding hydrogens is 424 g/mol. The molecule has 32 heavy (non-hydrogen) atoms. The largest absolute Gasteiger partial charge is 0.496 e. The first kappa shape index (κ1) is 21.4. The van der Waals surface area contributed by atoms with Crippen molar-refractivity contribution in [3.8, 4) is 5.75 Å². The Morgan fingerprint density at radius 2 is 1.47 bits per heavy atom. The van der Waals surface area contributed by atoms with E-state index in [9.17, 15) is 13.2 Å². The second-order valence-corrected chi connectivity index (χ2v) is 8.99. The van der Waals surface area contributed by atoms with E-state index < -0.39 is 10.0 Å². The number of sulfonamides is 1. The van der Waals surface area contributed by atoms with Crippen molar-refractivity contribution in [2.24, 2.45) is 0 Å². The van der Waals surface area contributed by atoms with Crippen molar-refractivity contribution in [3.05, 3.63) is 96.1 Å². The van der Waals surface area contributed by atoms with Gasteiger partial charge in [0.1, 0.15) is 5.75 Å². The maximum atomic E-state index is 12.8. The molecule has 0 saturated heterocycles. The Morgan fingerprint density at radius 1 is 0.812 bits per heavy atom. The number of rotatable bonds is 6. The van der Waals surface area contributed by atoms with Crippen molar-refractivity contribution in [2.45, 2.75) is 11.8 Å². The normalized spacial score (nSPS) is 11.2. The van der Waals surface area contributed by atoms with Gasteiger partial charge >= 0.3 is 0 Å². The number of benzene rings is 4. The van der Waals surface area contributed by atoms with Gasteiger partial charge in [-0.3, -0.25) is 9.52 Å². The van der Waals surface area contributed by atoms with Gasteiger partial charge in [-0.05, 0) is 55.5 Å². The molecule has 0 aliphatic carbocycles. The number of aryl methyl sites for hydroxylation is 1. The number of hydrogen-bond acceptors (Lipinski definition) is 4. The number of hydrogen-bond donors (Lipinski definition) is 2. The molecule has 4 rings (SSSR count). The summed E-state index contributed by atoms with van der Waals surface area (Å²) in [5.74, 6) is 0.428. The van der Waals surface area contributed by atoms with Gasteiger partial charge in [-0.2, -0.15) is 0 Å². The standard InChI is InChI=1S/C25H22N2O4S/c1-17-7-13-20(14-8-17)32(29,30)27-19-11-9-18(10-12-19)25(28)26-23-15-16-24(31-2)22-6-4-3-5-21(22)23/h3-16,27H,1-2H3,(H,26,28). The van der Waals surface area contributed by atoms with Crippen molar-refractivity contribution >= 4 is 38.1 Å². The Balaban J connectivity index is 1.52. The zero-order valence-electron chi connectivity index (χ0n) is 17.6. The van der Waals surface area contributed by atoms with E-state index in [1.807, 2.05) is 31.2 Å². The van der Waals surface area contributed by atoms with Gasteiger partial charge in [0.15, 0.2) is 0 Å². The quantitative estimate of drug-likeness (QED) is 0.426. The first-order valence-corrected chi connectivity index (χ1v) is 11.4. The summed E-state index contributed by atoms with van der Waals surface area (Å²) < 4.78 is 33.0. The third-order valence-corrected chi connectivity index (χ3v) is 6.48. The summed E-state index contributed by atoms with van der Waals surface area (Å²) in [4.78, 5) is 13.0. The Kier molecular flexibility index (Phi) is 5.83. The minimum absolute atomic E-state index is 0.177. The molecule has 0 saturated carbocycles. The minimum atomic E-state index is -3.71. The van der Waals surface area contributed by atoms with Gasteiger partial charge in [0.25, 0.3) is 15.9 Å². The van der Waals surface area contributed by atoms with E-state index >= 15 is 0 Å². The summed E-state index contributed by atoms with van der Waals surface area (Å²) in [6, 6.07) is 24.1. The van der Waals surface area contributed by atoms with Crippen LogP contribution in [-0.2, 0) is 10.0 Å². The van der Waals surface area contributed by atoms with Crippen molar-refractivity contribution < 1.29 is 17.9 Å². The van der Waals surface area contributed by atoms with Crippen molar-refractivity contribution in [3.63, 3.8) is 0 Å². The molecule has 0 radical (unpaired) electrons. The van der Waals surface area contributed by atoms with Gasteiger partial charge in [-0.25, -0.2) is 8.42 Å². The first-order valence-electron chi connectivity index (χ1n) is 9.94. The van der Waals surface area contributed by atoms with E-state index in [2.05, 4.69) is 10.0 Å². The van der Waals surface area contributed by atoms with E-state index in [-0.39, 0.29) is 10.8 Å². The summed E-state index contributed by atoms with van der Waals surface area (Å²) >= 11 is 0. The summed E-state index contributed by atoms with van der Waals surface area (Å²) in [7, 11) is -2.10. The molecule has 0 fully saturated rings. The number of carbonyl (C=O) groups is 1. The fourth-order valence-electron chi connectivity index (χ4n) is 3.37. The van der Waals surface area contributed by atoms with Gasteiger partial charge in [0.2, 0.25) is 0 Å². The molecule has 0 bridgehead atoms. The van der Waals surface area contributed by atoms with Crippen molar-refractivity contribution in [1.82, 2.24) is 0 Å². The van der Waals surface area contributed by atoms with E-state index in [1.165, 1.54) is 0 Å².